The molecule has 1 saturated heterocycles. The van der Waals surface area contributed by atoms with Gasteiger partial charge in [0.15, 0.2) is 0 Å². The molecule has 1 aliphatic rings. The van der Waals surface area contributed by atoms with Crippen LogP contribution >= 0.6 is 7.82 Å². The minimum atomic E-state index is -4.32. The lowest BCUT2D eigenvalue weighted by molar-refractivity contribution is -0.0426. The van der Waals surface area contributed by atoms with Crippen LogP contribution in [0.5, 0.6) is 0 Å². The Morgan fingerprint density at radius 3 is 2.50 bits per heavy atom. The molecule has 0 spiro atoms. The molecule has 10 heteroatoms. The summed E-state index contributed by atoms with van der Waals surface area (Å²) in [4.78, 5) is 26.3. The van der Waals surface area contributed by atoms with E-state index in [1.54, 1.807) is 33.9 Å². The smallest absolute Gasteiger partial charge is 0.383 e. The number of aromatic nitrogens is 2. The summed E-state index contributed by atoms with van der Waals surface area (Å²) in [6.07, 6.45) is 0.483. The first kappa shape index (κ1) is 23.0. The first-order valence-corrected chi connectivity index (χ1v) is 10.8. The number of nitrogens with two attached hydrogens (primary N) is 1. The lowest BCUT2D eigenvalue weighted by atomic mass is 9.87. The highest BCUT2D eigenvalue weighted by atomic mass is 31.2. The summed E-state index contributed by atoms with van der Waals surface area (Å²) in [5.74, 6) is 0.164. The molecule has 0 aromatic carbocycles. The van der Waals surface area contributed by atoms with Crippen molar-refractivity contribution in [1.29, 1.82) is 0 Å². The zero-order valence-corrected chi connectivity index (χ0v) is 18.5. The van der Waals surface area contributed by atoms with E-state index in [1.807, 2.05) is 20.8 Å². The molecule has 1 fully saturated rings. The predicted molar refractivity (Wildman–Crippen MR) is 106 cm³/mol. The Balaban J connectivity index is 2.29. The molecule has 0 saturated carbocycles. The van der Waals surface area contributed by atoms with Gasteiger partial charge in [-0.15, -0.1) is 0 Å². The SMILES string of the molecule is Cc1cn([C@H]2C[C@H](OP(=O)(O)OC(C)(C)C)[C@@H](CC(C)(C)C)O2)c(=O)nc1N. The number of anilines is 1. The van der Waals surface area contributed by atoms with E-state index in [1.165, 1.54) is 4.57 Å². The number of hydrogen-bond donors (Lipinski definition) is 2. The van der Waals surface area contributed by atoms with Crippen molar-refractivity contribution in [2.45, 2.75) is 85.3 Å². The van der Waals surface area contributed by atoms with Gasteiger partial charge in [-0.3, -0.25) is 13.6 Å². The molecule has 1 aliphatic heterocycles. The average Bonchev–Trinajstić information content (AvgIpc) is 2.79. The molecular formula is C18H32N3O6P. The summed E-state index contributed by atoms with van der Waals surface area (Å²) in [5, 5.41) is 0. The van der Waals surface area contributed by atoms with Gasteiger partial charge in [-0.2, -0.15) is 4.98 Å². The van der Waals surface area contributed by atoms with Gasteiger partial charge in [-0.05, 0) is 39.5 Å². The summed E-state index contributed by atoms with van der Waals surface area (Å²) < 4.78 is 30.5. The molecule has 0 amide bonds. The molecule has 9 nitrogen and oxygen atoms in total. The molecule has 3 N–H and O–H groups in total. The Bertz CT molecular complexity index is 811. The third-order valence-electron chi connectivity index (χ3n) is 4.14. The lowest BCUT2D eigenvalue weighted by Crippen LogP contribution is -2.30. The van der Waals surface area contributed by atoms with E-state index in [0.717, 1.165) is 0 Å². The van der Waals surface area contributed by atoms with Crippen LogP contribution in [0, 0.1) is 12.3 Å². The van der Waals surface area contributed by atoms with Crippen LogP contribution in [-0.2, 0) is 18.3 Å². The van der Waals surface area contributed by atoms with Crippen LogP contribution in [0.2, 0.25) is 0 Å². The summed E-state index contributed by atoms with van der Waals surface area (Å²) in [6, 6.07) is 0. The fraction of sp³-hybridized carbons (Fsp3) is 0.778. The largest absolute Gasteiger partial charge is 0.473 e. The third kappa shape index (κ3) is 6.39. The Labute approximate surface area is 165 Å². The molecule has 1 aromatic heterocycles. The van der Waals surface area contributed by atoms with Crippen molar-refractivity contribution in [2.75, 3.05) is 5.73 Å². The van der Waals surface area contributed by atoms with Crippen LogP contribution < -0.4 is 11.4 Å². The molecular weight excluding hydrogens is 385 g/mol. The van der Waals surface area contributed by atoms with E-state index in [-0.39, 0.29) is 17.7 Å². The van der Waals surface area contributed by atoms with Gasteiger partial charge in [0.25, 0.3) is 0 Å². The molecule has 2 heterocycles. The highest BCUT2D eigenvalue weighted by Crippen LogP contribution is 2.51. The average molecular weight is 417 g/mol. The van der Waals surface area contributed by atoms with Gasteiger partial charge < -0.3 is 15.4 Å². The van der Waals surface area contributed by atoms with Crippen molar-refractivity contribution in [2.24, 2.45) is 5.41 Å². The quantitative estimate of drug-likeness (QED) is 0.700. The van der Waals surface area contributed by atoms with Crippen molar-refractivity contribution in [1.82, 2.24) is 9.55 Å². The summed E-state index contributed by atoms with van der Waals surface area (Å²) >= 11 is 0. The van der Waals surface area contributed by atoms with Gasteiger partial charge >= 0.3 is 13.5 Å². The summed E-state index contributed by atoms with van der Waals surface area (Å²) in [7, 11) is -4.32. The molecule has 1 unspecified atom stereocenters. The zero-order chi connectivity index (χ0) is 21.5. The normalized spacial score (nSPS) is 25.6. The zero-order valence-electron chi connectivity index (χ0n) is 17.6. The minimum absolute atomic E-state index is 0.119. The number of nitrogens with zero attached hydrogens (tertiary/aromatic N) is 2. The molecule has 1 aromatic rings. The Morgan fingerprint density at radius 1 is 1.36 bits per heavy atom. The second kappa shape index (κ2) is 7.88. The number of aryl methyl sites for hydroxylation is 1. The van der Waals surface area contributed by atoms with Crippen LogP contribution in [0.25, 0.3) is 0 Å². The van der Waals surface area contributed by atoms with Crippen LogP contribution in [0.4, 0.5) is 5.82 Å². The van der Waals surface area contributed by atoms with Crippen molar-refractivity contribution in [3.8, 4) is 0 Å². The van der Waals surface area contributed by atoms with Crippen molar-refractivity contribution >= 4 is 13.6 Å². The van der Waals surface area contributed by atoms with Crippen LogP contribution in [0.1, 0.15) is 66.2 Å². The van der Waals surface area contributed by atoms with Gasteiger partial charge in [-0.1, -0.05) is 20.8 Å². The fourth-order valence-electron chi connectivity index (χ4n) is 3.09. The van der Waals surface area contributed by atoms with Gasteiger partial charge in [0, 0.05) is 18.2 Å². The number of rotatable bonds is 5. The number of nitrogen functional groups attached to an aromatic ring is 1. The minimum Gasteiger partial charge on any atom is -0.383 e. The van der Waals surface area contributed by atoms with Gasteiger partial charge in [0.05, 0.1) is 17.8 Å². The summed E-state index contributed by atoms with van der Waals surface area (Å²) in [6.45, 7) is 12.9. The van der Waals surface area contributed by atoms with E-state index in [2.05, 4.69) is 4.98 Å². The Kier molecular flexibility index (Phi) is 6.48. The van der Waals surface area contributed by atoms with Gasteiger partial charge in [0.1, 0.15) is 12.0 Å². The molecule has 160 valence electrons. The molecule has 4 atom stereocenters. The molecule has 0 radical (unpaired) electrons. The topological polar surface area (TPSA) is 126 Å². The second-order valence-electron chi connectivity index (χ2n) is 9.44. The number of hydrogen-bond acceptors (Lipinski definition) is 7. The monoisotopic (exact) mass is 417 g/mol. The first-order valence-electron chi connectivity index (χ1n) is 9.29. The van der Waals surface area contributed by atoms with E-state index in [4.69, 9.17) is 19.5 Å². The van der Waals surface area contributed by atoms with Crippen LogP contribution in [-0.4, -0.2) is 32.3 Å². The van der Waals surface area contributed by atoms with Crippen LogP contribution in [0.3, 0.4) is 0 Å². The Hall–Kier alpha value is -1.25. The maximum atomic E-state index is 12.5. The van der Waals surface area contributed by atoms with E-state index < -0.39 is 37.5 Å². The van der Waals surface area contributed by atoms with Crippen LogP contribution in [0.15, 0.2) is 11.0 Å². The third-order valence-corrected chi connectivity index (χ3v) is 5.45. The maximum Gasteiger partial charge on any atom is 0.473 e. The van der Waals surface area contributed by atoms with Gasteiger partial charge in [0.2, 0.25) is 0 Å². The first-order chi connectivity index (χ1) is 12.6. The highest BCUT2D eigenvalue weighted by Gasteiger charge is 2.44. The molecule has 0 bridgehead atoms. The van der Waals surface area contributed by atoms with Crippen molar-refractivity contribution in [3.05, 3.63) is 22.2 Å². The maximum absolute atomic E-state index is 12.5. The number of ether oxygens (including phenoxy) is 1. The number of phosphoric acid groups is 1. The molecule has 28 heavy (non-hydrogen) atoms. The van der Waals surface area contributed by atoms with Crippen molar-refractivity contribution < 1.29 is 23.2 Å². The highest BCUT2D eigenvalue weighted by molar-refractivity contribution is 7.47. The van der Waals surface area contributed by atoms with E-state index in [9.17, 15) is 14.3 Å². The summed E-state index contributed by atoms with van der Waals surface area (Å²) in [5.41, 5.74) is 4.82. The Morgan fingerprint density at radius 2 is 1.96 bits per heavy atom. The molecule has 0 aliphatic carbocycles. The lowest BCUT2D eigenvalue weighted by Gasteiger charge is -2.29. The standard InChI is InChI=1S/C18H32N3O6P/c1-11-10-21(16(22)20-15(11)19)14-8-12(13(25-14)9-17(2,3)4)26-28(23,24)27-18(5,6)7/h10,12-14H,8-9H2,1-7H3,(H,23,24)(H2,19,20,22)/t12-,13+,14+/m0/s1. The van der Waals surface area contributed by atoms with Crippen molar-refractivity contribution in [3.63, 3.8) is 0 Å². The van der Waals surface area contributed by atoms with E-state index >= 15 is 0 Å². The number of phosphoric ester groups is 1. The van der Waals surface area contributed by atoms with Gasteiger partial charge in [-0.25, -0.2) is 9.36 Å². The molecule has 2 rings (SSSR count). The predicted octanol–water partition coefficient (Wildman–Crippen LogP) is 3.16. The van der Waals surface area contributed by atoms with E-state index in [0.29, 0.717) is 12.0 Å². The second-order valence-corrected chi connectivity index (χ2v) is 10.8. The fourth-order valence-corrected chi connectivity index (χ4v) is 4.39.